The summed E-state index contributed by atoms with van der Waals surface area (Å²) in [5.41, 5.74) is 19.6. The average Bonchev–Trinajstić information content (AvgIpc) is 3.82. The molecule has 3 aliphatic rings. The molecule has 2 fully saturated rings. The van der Waals surface area contributed by atoms with E-state index in [0.717, 1.165) is 17.1 Å². The van der Waals surface area contributed by atoms with Crippen molar-refractivity contribution in [2.45, 2.75) is 50.4 Å². The SMILES string of the molecule is C[C@H]1CC2C[C@@H](C)CC(C1)C21c2ccccc2C(c2ccccc2)(c2ccccc2)c2cc(N(c3ccc(-c4ccccc4)cc3)c3ccc(-c4ccccc4-n4c5ccccc5c5ccccc54)cc3)ccc21. The molecule has 0 N–H and O–H groups in total. The zero-order chi connectivity index (χ0) is 49.4. The molecule has 2 bridgehead atoms. The number of benzene rings is 10. The van der Waals surface area contributed by atoms with Crippen LogP contribution in [0.2, 0.25) is 0 Å². The van der Waals surface area contributed by atoms with E-state index >= 15 is 0 Å². The summed E-state index contributed by atoms with van der Waals surface area (Å²) < 4.78 is 2.44. The van der Waals surface area contributed by atoms with E-state index in [2.05, 4.69) is 278 Å². The first-order valence-electron chi connectivity index (χ1n) is 27.0. The Balaban J connectivity index is 0.996. The molecular weight excluding hydrogens is 893 g/mol. The lowest BCUT2D eigenvalue weighted by molar-refractivity contribution is 0.0238. The third-order valence-corrected chi connectivity index (χ3v) is 17.7. The van der Waals surface area contributed by atoms with E-state index in [9.17, 15) is 0 Å². The summed E-state index contributed by atoms with van der Waals surface area (Å²) in [6.07, 6.45) is 5.02. The van der Waals surface area contributed by atoms with E-state index in [1.54, 1.807) is 5.56 Å². The average molecular weight is 953 g/mol. The normalized spacial score (nSPS) is 20.5. The van der Waals surface area contributed by atoms with Gasteiger partial charge in [-0.25, -0.2) is 0 Å². The van der Waals surface area contributed by atoms with Crippen LogP contribution in [0.1, 0.15) is 72.9 Å². The number of aromatic nitrogens is 1. The van der Waals surface area contributed by atoms with Crippen molar-refractivity contribution in [1.82, 2.24) is 4.57 Å². The maximum atomic E-state index is 2.63. The molecule has 0 saturated heterocycles. The van der Waals surface area contributed by atoms with Gasteiger partial charge in [0.1, 0.15) is 0 Å². The van der Waals surface area contributed by atoms with E-state index in [-0.39, 0.29) is 5.41 Å². The van der Waals surface area contributed by atoms with E-state index < -0.39 is 5.41 Å². The van der Waals surface area contributed by atoms with Crippen LogP contribution in [0, 0.1) is 23.7 Å². The predicted molar refractivity (Wildman–Crippen MR) is 309 cm³/mol. The number of rotatable bonds is 8. The van der Waals surface area contributed by atoms with Crippen molar-refractivity contribution in [3.05, 3.63) is 288 Å². The van der Waals surface area contributed by atoms with Crippen LogP contribution in [0.25, 0.3) is 49.7 Å². The highest BCUT2D eigenvalue weighted by Crippen LogP contribution is 2.67. The molecule has 0 aliphatic heterocycles. The van der Waals surface area contributed by atoms with Crippen molar-refractivity contribution in [1.29, 1.82) is 0 Å². The van der Waals surface area contributed by atoms with E-state index in [1.165, 1.54) is 103 Å². The zero-order valence-corrected chi connectivity index (χ0v) is 42.3. The fraction of sp³-hybridized carbons (Fsp3) is 0.167. The largest absolute Gasteiger partial charge is 0.310 e. The van der Waals surface area contributed by atoms with Gasteiger partial charge in [0.25, 0.3) is 0 Å². The second-order valence-corrected chi connectivity index (χ2v) is 21.9. The van der Waals surface area contributed by atoms with Crippen LogP contribution in [0.5, 0.6) is 0 Å². The van der Waals surface area contributed by atoms with Gasteiger partial charge in [-0.3, -0.25) is 0 Å². The maximum Gasteiger partial charge on any atom is 0.0708 e. The van der Waals surface area contributed by atoms with Crippen LogP contribution < -0.4 is 4.90 Å². The van der Waals surface area contributed by atoms with Crippen LogP contribution in [0.3, 0.4) is 0 Å². The molecule has 11 aromatic rings. The molecule has 2 heteroatoms. The summed E-state index contributed by atoms with van der Waals surface area (Å²) in [5.74, 6) is 2.52. The van der Waals surface area contributed by atoms with Crippen LogP contribution in [-0.2, 0) is 10.8 Å². The Kier molecular flexibility index (Phi) is 10.7. The van der Waals surface area contributed by atoms with Gasteiger partial charge in [-0.15, -0.1) is 0 Å². The van der Waals surface area contributed by atoms with Gasteiger partial charge in [0.15, 0.2) is 0 Å². The van der Waals surface area contributed by atoms with Crippen LogP contribution in [0.4, 0.5) is 17.1 Å². The molecule has 3 aliphatic carbocycles. The highest BCUT2D eigenvalue weighted by atomic mass is 15.1. The summed E-state index contributed by atoms with van der Waals surface area (Å²) in [7, 11) is 0. The zero-order valence-electron chi connectivity index (χ0n) is 42.3. The molecule has 358 valence electrons. The van der Waals surface area contributed by atoms with Gasteiger partial charge < -0.3 is 9.47 Å². The van der Waals surface area contributed by atoms with Crippen LogP contribution in [0.15, 0.2) is 255 Å². The van der Waals surface area contributed by atoms with Crippen molar-refractivity contribution in [3.8, 4) is 27.9 Å². The first kappa shape index (κ1) is 44.5. The van der Waals surface area contributed by atoms with E-state index in [4.69, 9.17) is 0 Å². The Hall–Kier alpha value is -8.20. The second kappa shape index (κ2) is 17.8. The Morgan fingerprint density at radius 3 is 1.38 bits per heavy atom. The lowest BCUT2D eigenvalue weighted by Gasteiger charge is -2.62. The highest BCUT2D eigenvalue weighted by molar-refractivity contribution is 6.09. The smallest absolute Gasteiger partial charge is 0.0708 e. The fourth-order valence-corrected chi connectivity index (χ4v) is 15.0. The van der Waals surface area contributed by atoms with Gasteiger partial charge in [0.05, 0.1) is 22.1 Å². The molecule has 1 heterocycles. The summed E-state index contributed by atoms with van der Waals surface area (Å²) >= 11 is 0. The van der Waals surface area contributed by atoms with Gasteiger partial charge in [-0.1, -0.05) is 214 Å². The van der Waals surface area contributed by atoms with Crippen molar-refractivity contribution >= 4 is 38.9 Å². The number of para-hydroxylation sites is 3. The Morgan fingerprint density at radius 1 is 0.365 bits per heavy atom. The maximum absolute atomic E-state index is 2.63. The Morgan fingerprint density at radius 2 is 0.797 bits per heavy atom. The topological polar surface area (TPSA) is 8.17 Å². The van der Waals surface area contributed by atoms with Gasteiger partial charge in [0.2, 0.25) is 0 Å². The van der Waals surface area contributed by atoms with E-state index in [0.29, 0.717) is 23.7 Å². The molecule has 0 amide bonds. The number of hydrogen-bond acceptors (Lipinski definition) is 1. The molecule has 0 radical (unpaired) electrons. The molecule has 0 unspecified atom stereocenters. The molecule has 2 saturated carbocycles. The monoisotopic (exact) mass is 952 g/mol. The molecule has 2 nitrogen and oxygen atoms in total. The molecule has 0 atom stereocenters. The third-order valence-electron chi connectivity index (χ3n) is 17.7. The number of anilines is 3. The summed E-state index contributed by atoms with van der Waals surface area (Å²) in [6, 6.07) is 96.1. The van der Waals surface area contributed by atoms with Crippen molar-refractivity contribution in [2.24, 2.45) is 23.7 Å². The van der Waals surface area contributed by atoms with Crippen LogP contribution in [-0.4, -0.2) is 4.57 Å². The molecule has 1 spiro atoms. The lowest BCUT2D eigenvalue weighted by atomic mass is 9.41. The summed E-state index contributed by atoms with van der Waals surface area (Å²) in [6.45, 7) is 5.05. The van der Waals surface area contributed by atoms with Crippen molar-refractivity contribution in [3.63, 3.8) is 0 Å². The summed E-state index contributed by atoms with van der Waals surface area (Å²) in [4.78, 5) is 2.51. The van der Waals surface area contributed by atoms with E-state index in [1.807, 2.05) is 0 Å². The molecule has 74 heavy (non-hydrogen) atoms. The first-order chi connectivity index (χ1) is 36.5. The second-order valence-electron chi connectivity index (χ2n) is 21.9. The standard InChI is InChI=1S/C72H60N2/c1-49-44-56-46-50(2)47-57(45-49)72(56)65-30-16-15-29-64(65)71(54-22-8-4-9-23-54,55-24-10-5-11-25-55)67-48-60(42-43-66(67)72)73(58-38-34-52(35-39-58)51-20-6-3-7-21-51)59-40-36-53(37-41-59)61-26-12-17-31-68(61)74-69-32-18-13-27-62(69)63-28-14-19-33-70(63)74/h3-43,48-50,56-57H,44-47H2,1-2H3/t49-,50+,56?,57?,72?. The van der Waals surface area contributed by atoms with Gasteiger partial charge >= 0.3 is 0 Å². The minimum Gasteiger partial charge on any atom is -0.310 e. The van der Waals surface area contributed by atoms with Gasteiger partial charge in [-0.2, -0.15) is 0 Å². The van der Waals surface area contributed by atoms with Gasteiger partial charge in [-0.05, 0) is 154 Å². The van der Waals surface area contributed by atoms with Crippen LogP contribution >= 0.6 is 0 Å². The minimum absolute atomic E-state index is 0.0931. The molecule has 10 aromatic carbocycles. The Labute approximate surface area is 436 Å². The predicted octanol–water partition coefficient (Wildman–Crippen LogP) is 18.7. The highest BCUT2D eigenvalue weighted by Gasteiger charge is 2.61. The van der Waals surface area contributed by atoms with Gasteiger partial charge in [0, 0.05) is 38.8 Å². The Bertz CT molecular complexity index is 3710. The van der Waals surface area contributed by atoms with Crippen molar-refractivity contribution in [2.75, 3.05) is 4.90 Å². The lowest BCUT2D eigenvalue weighted by Crippen LogP contribution is -2.56. The van der Waals surface area contributed by atoms with Crippen molar-refractivity contribution < 1.29 is 0 Å². The number of nitrogens with zero attached hydrogens (tertiary/aromatic N) is 2. The first-order valence-corrected chi connectivity index (χ1v) is 27.0. The fourth-order valence-electron chi connectivity index (χ4n) is 15.0. The quantitative estimate of drug-likeness (QED) is 0.147. The number of fused-ring (bicyclic) bond motifs is 5. The number of hydrogen-bond donors (Lipinski definition) is 0. The molecule has 1 aromatic heterocycles. The third kappa shape index (κ3) is 6.77. The molecule has 14 rings (SSSR count). The minimum atomic E-state index is -0.568. The molecular formula is C72H60N2. The summed E-state index contributed by atoms with van der Waals surface area (Å²) in [5, 5.41) is 2.53.